The van der Waals surface area contributed by atoms with Crippen LogP contribution in [0.5, 0.6) is 0 Å². The van der Waals surface area contributed by atoms with Gasteiger partial charge in [-0.1, -0.05) is 13.8 Å². The lowest BCUT2D eigenvalue weighted by atomic mass is 10.2. The molecule has 1 fully saturated rings. The molecule has 0 aliphatic heterocycles. The van der Waals surface area contributed by atoms with Crippen molar-refractivity contribution < 1.29 is 8.42 Å². The summed E-state index contributed by atoms with van der Waals surface area (Å²) in [5, 5.41) is 8.80. The Kier molecular flexibility index (Phi) is 4.12. The van der Waals surface area contributed by atoms with E-state index in [1.165, 1.54) is 0 Å². The van der Waals surface area contributed by atoms with E-state index in [0.717, 1.165) is 12.8 Å². The molecule has 4 nitrogen and oxygen atoms in total. The lowest BCUT2D eigenvalue weighted by Gasteiger charge is -2.11. The van der Waals surface area contributed by atoms with Gasteiger partial charge in [0, 0.05) is 0 Å². The minimum atomic E-state index is -3.27. The number of nitriles is 1. The van der Waals surface area contributed by atoms with E-state index in [9.17, 15) is 8.42 Å². The summed E-state index contributed by atoms with van der Waals surface area (Å²) in [6.45, 7) is 3.97. The van der Waals surface area contributed by atoms with Crippen LogP contribution in [0.25, 0.3) is 0 Å². The third kappa shape index (κ3) is 4.63. The smallest absolute Gasteiger partial charge is 0.212 e. The zero-order valence-electron chi connectivity index (χ0n) is 9.23. The Morgan fingerprint density at radius 2 is 2.07 bits per heavy atom. The van der Waals surface area contributed by atoms with Crippen LogP contribution in [0.2, 0.25) is 0 Å². The van der Waals surface area contributed by atoms with Crippen LogP contribution in [0.1, 0.15) is 33.1 Å². The largest absolute Gasteiger partial charge is 0.212 e. The molecule has 1 aliphatic rings. The number of nitrogens with one attached hydrogen (secondary N) is 1. The second-order valence-corrected chi connectivity index (χ2v) is 6.44. The summed E-state index contributed by atoms with van der Waals surface area (Å²) in [5.74, 6) is 0.724. The Hall–Kier alpha value is -0.600. The molecule has 0 amide bonds. The van der Waals surface area contributed by atoms with E-state index in [0.29, 0.717) is 12.3 Å². The summed E-state index contributed by atoms with van der Waals surface area (Å²) in [6.07, 6.45) is 2.56. The number of hydrogen-bond donors (Lipinski definition) is 1. The zero-order valence-corrected chi connectivity index (χ0v) is 10.0. The van der Waals surface area contributed by atoms with E-state index < -0.39 is 16.1 Å². The fourth-order valence-corrected chi connectivity index (χ4v) is 2.83. The van der Waals surface area contributed by atoms with E-state index >= 15 is 0 Å². The molecule has 15 heavy (non-hydrogen) atoms. The Bertz CT molecular complexity index is 339. The number of hydrogen-bond acceptors (Lipinski definition) is 3. The van der Waals surface area contributed by atoms with Gasteiger partial charge in [-0.05, 0) is 31.1 Å². The summed E-state index contributed by atoms with van der Waals surface area (Å²) < 4.78 is 25.6. The average molecular weight is 230 g/mol. The second-order valence-electron chi connectivity index (χ2n) is 4.56. The van der Waals surface area contributed by atoms with Crippen molar-refractivity contribution in [2.24, 2.45) is 11.8 Å². The van der Waals surface area contributed by atoms with Crippen LogP contribution in [0.3, 0.4) is 0 Å². The van der Waals surface area contributed by atoms with Crippen molar-refractivity contribution in [3.05, 3.63) is 0 Å². The standard InChI is InChI=1S/C10H18N2O2S/c1-8(2)5-6-15(13,14)12-10(7-11)9-3-4-9/h8-10,12H,3-6H2,1-2H3. The van der Waals surface area contributed by atoms with Crippen LogP contribution in [-0.4, -0.2) is 20.2 Å². The molecule has 5 heteroatoms. The fourth-order valence-electron chi connectivity index (χ4n) is 1.30. The molecule has 1 atom stereocenters. The maximum Gasteiger partial charge on any atom is 0.212 e. The molecule has 1 saturated carbocycles. The normalized spacial score (nSPS) is 18.8. The highest BCUT2D eigenvalue weighted by atomic mass is 32.2. The first-order valence-corrected chi connectivity index (χ1v) is 6.99. The van der Waals surface area contributed by atoms with E-state index in [1.54, 1.807) is 0 Å². The number of sulfonamides is 1. The van der Waals surface area contributed by atoms with Gasteiger partial charge in [0.25, 0.3) is 0 Å². The molecule has 1 aliphatic carbocycles. The lowest BCUT2D eigenvalue weighted by molar-refractivity contribution is 0.545. The summed E-state index contributed by atoms with van der Waals surface area (Å²) in [7, 11) is -3.27. The first-order chi connectivity index (χ1) is 6.94. The molecule has 0 radical (unpaired) electrons. The maximum atomic E-state index is 11.6. The molecule has 0 spiro atoms. The Morgan fingerprint density at radius 3 is 2.47 bits per heavy atom. The van der Waals surface area contributed by atoms with Gasteiger partial charge < -0.3 is 0 Å². The van der Waals surface area contributed by atoms with Gasteiger partial charge in [-0.3, -0.25) is 0 Å². The third-order valence-electron chi connectivity index (χ3n) is 2.50. The van der Waals surface area contributed by atoms with Crippen molar-refractivity contribution in [2.45, 2.75) is 39.2 Å². The van der Waals surface area contributed by atoms with Crippen LogP contribution < -0.4 is 4.72 Å². The van der Waals surface area contributed by atoms with Gasteiger partial charge in [0.15, 0.2) is 0 Å². The summed E-state index contributed by atoms with van der Waals surface area (Å²) in [6, 6.07) is 1.51. The second kappa shape index (κ2) is 4.95. The minimum absolute atomic E-state index is 0.121. The third-order valence-corrected chi connectivity index (χ3v) is 3.89. The van der Waals surface area contributed by atoms with Crippen molar-refractivity contribution in [3.63, 3.8) is 0 Å². The topological polar surface area (TPSA) is 70.0 Å². The Balaban J connectivity index is 2.44. The van der Waals surface area contributed by atoms with E-state index in [-0.39, 0.29) is 11.7 Å². The van der Waals surface area contributed by atoms with Gasteiger partial charge in [-0.2, -0.15) is 9.98 Å². The summed E-state index contributed by atoms with van der Waals surface area (Å²) in [4.78, 5) is 0. The van der Waals surface area contributed by atoms with Crippen molar-refractivity contribution in [1.29, 1.82) is 5.26 Å². The Labute approximate surface area is 91.7 Å². The summed E-state index contributed by atoms with van der Waals surface area (Å²) in [5.41, 5.74) is 0. The molecule has 0 aromatic rings. The van der Waals surface area contributed by atoms with Crippen LogP contribution in [0.4, 0.5) is 0 Å². The molecule has 0 bridgehead atoms. The van der Waals surface area contributed by atoms with E-state index in [4.69, 9.17) is 5.26 Å². The monoisotopic (exact) mass is 230 g/mol. The first kappa shape index (κ1) is 12.5. The van der Waals surface area contributed by atoms with Gasteiger partial charge in [-0.15, -0.1) is 0 Å². The van der Waals surface area contributed by atoms with Crippen LogP contribution in [-0.2, 0) is 10.0 Å². The molecule has 1 unspecified atom stereocenters. The molecule has 86 valence electrons. The van der Waals surface area contributed by atoms with Gasteiger partial charge in [0.05, 0.1) is 11.8 Å². The average Bonchev–Trinajstić information content (AvgIpc) is 2.94. The molecule has 0 aromatic carbocycles. The highest BCUT2D eigenvalue weighted by Crippen LogP contribution is 2.32. The van der Waals surface area contributed by atoms with Gasteiger partial charge in [0.2, 0.25) is 10.0 Å². The molecule has 1 rings (SSSR count). The van der Waals surface area contributed by atoms with Crippen molar-refractivity contribution in [3.8, 4) is 6.07 Å². The molecule has 1 N–H and O–H groups in total. The quantitative estimate of drug-likeness (QED) is 0.746. The van der Waals surface area contributed by atoms with E-state index in [2.05, 4.69) is 4.72 Å². The highest BCUT2D eigenvalue weighted by molar-refractivity contribution is 7.89. The molecular weight excluding hydrogens is 212 g/mol. The zero-order chi connectivity index (χ0) is 11.5. The first-order valence-electron chi connectivity index (χ1n) is 5.34. The van der Waals surface area contributed by atoms with Crippen molar-refractivity contribution in [2.75, 3.05) is 5.75 Å². The van der Waals surface area contributed by atoms with Crippen LogP contribution in [0, 0.1) is 23.2 Å². The van der Waals surface area contributed by atoms with Gasteiger partial charge in [-0.25, -0.2) is 8.42 Å². The predicted molar refractivity (Wildman–Crippen MR) is 58.5 cm³/mol. The molecular formula is C10H18N2O2S. The van der Waals surface area contributed by atoms with Gasteiger partial charge >= 0.3 is 0 Å². The van der Waals surface area contributed by atoms with E-state index in [1.807, 2.05) is 19.9 Å². The SMILES string of the molecule is CC(C)CCS(=O)(=O)NC(C#N)C1CC1. The molecule has 0 aromatic heterocycles. The van der Waals surface area contributed by atoms with Crippen molar-refractivity contribution in [1.82, 2.24) is 4.72 Å². The summed E-state index contributed by atoms with van der Waals surface area (Å²) >= 11 is 0. The number of nitrogens with zero attached hydrogens (tertiary/aromatic N) is 1. The lowest BCUT2D eigenvalue weighted by Crippen LogP contribution is -2.37. The molecule has 0 saturated heterocycles. The maximum absolute atomic E-state index is 11.6. The van der Waals surface area contributed by atoms with Crippen LogP contribution in [0.15, 0.2) is 0 Å². The number of rotatable bonds is 6. The van der Waals surface area contributed by atoms with Crippen molar-refractivity contribution >= 4 is 10.0 Å². The van der Waals surface area contributed by atoms with Crippen LogP contribution >= 0.6 is 0 Å². The fraction of sp³-hybridized carbons (Fsp3) is 0.900. The molecule has 0 heterocycles. The Morgan fingerprint density at radius 1 is 1.47 bits per heavy atom. The highest BCUT2D eigenvalue weighted by Gasteiger charge is 2.33. The minimum Gasteiger partial charge on any atom is -0.212 e. The van der Waals surface area contributed by atoms with Gasteiger partial charge in [0.1, 0.15) is 6.04 Å². The predicted octanol–water partition coefficient (Wildman–Crippen LogP) is 1.25.